The summed E-state index contributed by atoms with van der Waals surface area (Å²) in [5.41, 5.74) is 0.245. The zero-order chi connectivity index (χ0) is 13.6. The Morgan fingerprint density at radius 1 is 1.26 bits per heavy atom. The highest BCUT2D eigenvalue weighted by Crippen LogP contribution is 2.38. The van der Waals surface area contributed by atoms with Gasteiger partial charge in [-0.15, -0.1) is 0 Å². The molecule has 2 aliphatic heterocycles. The smallest absolute Gasteiger partial charge is 0.227 e. The molecule has 3 atom stereocenters. The monoisotopic (exact) mass is 265 g/mol. The van der Waals surface area contributed by atoms with E-state index in [9.17, 15) is 4.79 Å². The first kappa shape index (κ1) is 13.4. The minimum atomic E-state index is 0.239. The Hall–Kier alpha value is -0.610. The summed E-state index contributed by atoms with van der Waals surface area (Å²) in [5.74, 6) is 0.607. The summed E-state index contributed by atoms with van der Waals surface area (Å²) in [7, 11) is 6.30. The number of hydrogen-bond acceptors (Lipinski definition) is 3. The maximum atomic E-state index is 12.6. The molecule has 0 aromatic heterocycles. The summed E-state index contributed by atoms with van der Waals surface area (Å²) in [6.07, 6.45) is 7.27. The van der Waals surface area contributed by atoms with Crippen LogP contribution in [0.2, 0.25) is 0 Å². The quantitative estimate of drug-likeness (QED) is 0.826. The molecule has 4 nitrogen and oxygen atoms in total. The Balaban J connectivity index is 1.61. The van der Waals surface area contributed by atoms with Gasteiger partial charge in [0.1, 0.15) is 0 Å². The first-order valence-electron chi connectivity index (χ1n) is 7.70. The fourth-order valence-corrected chi connectivity index (χ4v) is 4.23. The molecule has 1 aliphatic carbocycles. The lowest BCUT2D eigenvalue weighted by Crippen LogP contribution is -2.58. The van der Waals surface area contributed by atoms with Crippen molar-refractivity contribution in [3.05, 3.63) is 0 Å². The van der Waals surface area contributed by atoms with Gasteiger partial charge in [-0.25, -0.2) is 0 Å². The standard InChI is InChI=1S/C15H27N3O/c1-17(2)15(7-4-8-15)10-18(3)14(19)12-9-11-5-6-13(12)16-11/h11-13,16H,4-10H2,1-3H3. The van der Waals surface area contributed by atoms with E-state index >= 15 is 0 Å². The van der Waals surface area contributed by atoms with Crippen LogP contribution in [-0.2, 0) is 4.79 Å². The van der Waals surface area contributed by atoms with Crippen LogP contribution in [0.3, 0.4) is 0 Å². The van der Waals surface area contributed by atoms with Crippen LogP contribution >= 0.6 is 0 Å². The molecule has 0 aromatic rings. The fourth-order valence-electron chi connectivity index (χ4n) is 4.23. The van der Waals surface area contributed by atoms with Gasteiger partial charge in [-0.2, -0.15) is 0 Å². The predicted octanol–water partition coefficient (Wildman–Crippen LogP) is 1.07. The third-order valence-corrected chi connectivity index (χ3v) is 5.76. The minimum absolute atomic E-state index is 0.239. The lowest BCUT2D eigenvalue weighted by molar-refractivity contribution is -0.137. The highest BCUT2D eigenvalue weighted by atomic mass is 16.2. The second-order valence-electron chi connectivity index (χ2n) is 7.06. The highest BCUT2D eigenvalue weighted by Gasteiger charge is 2.46. The number of rotatable bonds is 4. The van der Waals surface area contributed by atoms with E-state index in [1.807, 2.05) is 11.9 Å². The number of carbonyl (C=O) groups is 1. The van der Waals surface area contributed by atoms with E-state index in [1.165, 1.54) is 32.1 Å². The molecule has 19 heavy (non-hydrogen) atoms. The van der Waals surface area contributed by atoms with Gasteiger partial charge in [0.05, 0.1) is 5.92 Å². The van der Waals surface area contributed by atoms with Gasteiger partial charge in [-0.1, -0.05) is 0 Å². The van der Waals surface area contributed by atoms with Gasteiger partial charge in [-0.3, -0.25) is 4.79 Å². The molecule has 2 bridgehead atoms. The number of likely N-dealkylation sites (N-methyl/N-ethyl adjacent to an activating group) is 2. The molecule has 3 aliphatic rings. The molecule has 4 heteroatoms. The van der Waals surface area contributed by atoms with Gasteiger partial charge in [0, 0.05) is 31.2 Å². The van der Waals surface area contributed by atoms with E-state index in [4.69, 9.17) is 0 Å². The van der Waals surface area contributed by atoms with Crippen LogP contribution in [0.5, 0.6) is 0 Å². The summed E-state index contributed by atoms with van der Waals surface area (Å²) in [6, 6.07) is 1.07. The molecule has 2 heterocycles. The second-order valence-corrected chi connectivity index (χ2v) is 7.06. The predicted molar refractivity (Wildman–Crippen MR) is 76.0 cm³/mol. The summed E-state index contributed by atoms with van der Waals surface area (Å²) in [5, 5.41) is 3.57. The van der Waals surface area contributed by atoms with Gasteiger partial charge in [0.25, 0.3) is 0 Å². The van der Waals surface area contributed by atoms with E-state index in [1.54, 1.807) is 0 Å². The van der Waals surface area contributed by atoms with Gasteiger partial charge < -0.3 is 15.1 Å². The first-order valence-corrected chi connectivity index (χ1v) is 7.70. The van der Waals surface area contributed by atoms with Crippen molar-refractivity contribution in [2.24, 2.45) is 5.92 Å². The molecule has 0 aromatic carbocycles. The van der Waals surface area contributed by atoms with Crippen LogP contribution in [0, 0.1) is 5.92 Å². The maximum Gasteiger partial charge on any atom is 0.227 e. The Morgan fingerprint density at radius 2 is 2.00 bits per heavy atom. The van der Waals surface area contributed by atoms with Gasteiger partial charge >= 0.3 is 0 Å². The van der Waals surface area contributed by atoms with Crippen LogP contribution in [0.15, 0.2) is 0 Å². The Kier molecular flexibility index (Phi) is 3.34. The molecule has 2 saturated heterocycles. The molecule has 1 N–H and O–H groups in total. The van der Waals surface area contributed by atoms with Crippen molar-refractivity contribution in [1.82, 2.24) is 15.1 Å². The number of nitrogens with one attached hydrogen (secondary N) is 1. The molecule has 108 valence electrons. The molecular formula is C15H27N3O. The minimum Gasteiger partial charge on any atom is -0.344 e. The maximum absolute atomic E-state index is 12.6. The van der Waals surface area contributed by atoms with Crippen molar-refractivity contribution >= 4 is 5.91 Å². The van der Waals surface area contributed by atoms with Crippen molar-refractivity contribution in [3.8, 4) is 0 Å². The third kappa shape index (κ3) is 2.19. The molecular weight excluding hydrogens is 238 g/mol. The van der Waals surface area contributed by atoms with Crippen molar-refractivity contribution in [2.45, 2.75) is 56.1 Å². The molecule has 1 amide bonds. The molecule has 0 radical (unpaired) electrons. The highest BCUT2D eigenvalue weighted by molar-refractivity contribution is 5.80. The molecule has 3 rings (SSSR count). The second kappa shape index (κ2) is 4.74. The van der Waals surface area contributed by atoms with E-state index in [-0.39, 0.29) is 11.5 Å². The normalized spacial score (nSPS) is 35.5. The average molecular weight is 265 g/mol. The zero-order valence-corrected chi connectivity index (χ0v) is 12.5. The summed E-state index contributed by atoms with van der Waals surface area (Å²) < 4.78 is 0. The average Bonchev–Trinajstić information content (AvgIpc) is 2.93. The Morgan fingerprint density at radius 3 is 2.42 bits per heavy atom. The van der Waals surface area contributed by atoms with E-state index < -0.39 is 0 Å². The van der Waals surface area contributed by atoms with Crippen LogP contribution in [-0.4, -0.2) is 61.0 Å². The molecule has 1 saturated carbocycles. The Labute approximate surface area is 116 Å². The summed E-state index contributed by atoms with van der Waals surface area (Å²) in [6.45, 7) is 0.896. The molecule has 3 fully saturated rings. The van der Waals surface area contributed by atoms with Gasteiger partial charge in [0.15, 0.2) is 0 Å². The molecule has 0 spiro atoms. The van der Waals surface area contributed by atoms with Crippen LogP contribution < -0.4 is 5.32 Å². The number of hydrogen-bond donors (Lipinski definition) is 1. The SMILES string of the molecule is CN(CC1(N(C)C)CCC1)C(=O)C1CC2CCC1N2. The largest absolute Gasteiger partial charge is 0.344 e. The van der Waals surface area contributed by atoms with E-state index in [2.05, 4.69) is 24.3 Å². The topological polar surface area (TPSA) is 35.6 Å². The van der Waals surface area contributed by atoms with E-state index in [0.717, 1.165) is 13.0 Å². The van der Waals surface area contributed by atoms with Crippen molar-refractivity contribution in [1.29, 1.82) is 0 Å². The van der Waals surface area contributed by atoms with Crippen molar-refractivity contribution in [2.75, 3.05) is 27.7 Å². The lowest BCUT2D eigenvalue weighted by atomic mass is 9.75. The van der Waals surface area contributed by atoms with Crippen LogP contribution in [0.25, 0.3) is 0 Å². The number of amides is 1. The summed E-state index contributed by atoms with van der Waals surface area (Å²) in [4.78, 5) is 17.0. The van der Waals surface area contributed by atoms with Gasteiger partial charge in [0.2, 0.25) is 5.91 Å². The molecule has 3 unspecified atom stereocenters. The lowest BCUT2D eigenvalue weighted by Gasteiger charge is -2.49. The fraction of sp³-hybridized carbons (Fsp3) is 0.933. The van der Waals surface area contributed by atoms with Gasteiger partial charge in [-0.05, 0) is 52.6 Å². The summed E-state index contributed by atoms with van der Waals surface area (Å²) >= 11 is 0. The Bertz CT molecular complexity index is 364. The first-order chi connectivity index (χ1) is 9.02. The number of carbonyl (C=O) groups excluding carboxylic acids is 1. The number of fused-ring (bicyclic) bond motifs is 2. The third-order valence-electron chi connectivity index (χ3n) is 5.76. The number of nitrogens with zero attached hydrogens (tertiary/aromatic N) is 2. The van der Waals surface area contributed by atoms with E-state index in [0.29, 0.717) is 18.0 Å². The van der Waals surface area contributed by atoms with Crippen molar-refractivity contribution in [3.63, 3.8) is 0 Å². The van der Waals surface area contributed by atoms with Crippen molar-refractivity contribution < 1.29 is 4.79 Å². The zero-order valence-electron chi connectivity index (χ0n) is 12.5. The van der Waals surface area contributed by atoms with Crippen LogP contribution in [0.4, 0.5) is 0 Å². The van der Waals surface area contributed by atoms with Crippen LogP contribution in [0.1, 0.15) is 38.5 Å².